The molecule has 1 aromatic rings. The molecule has 0 saturated carbocycles. The molecule has 104 valence electrons. The number of amides is 1. The monoisotopic (exact) mass is 267 g/mol. The molecule has 1 saturated heterocycles. The number of hydrogen-bond acceptors (Lipinski definition) is 5. The molecule has 8 heteroatoms. The molecule has 1 amide bonds. The van der Waals surface area contributed by atoms with E-state index in [0.29, 0.717) is 12.6 Å². The Morgan fingerprint density at radius 3 is 2.95 bits per heavy atom. The zero-order valence-electron chi connectivity index (χ0n) is 10.7. The third kappa shape index (κ3) is 3.50. The van der Waals surface area contributed by atoms with Gasteiger partial charge < -0.3 is 15.3 Å². The van der Waals surface area contributed by atoms with Crippen LogP contribution in [0.15, 0.2) is 6.20 Å². The van der Waals surface area contributed by atoms with E-state index in [9.17, 15) is 9.59 Å². The number of hydrogen-bond donors (Lipinski definition) is 2. The lowest BCUT2D eigenvalue weighted by atomic mass is 10.2. The zero-order valence-corrected chi connectivity index (χ0v) is 10.7. The molecule has 1 aromatic heterocycles. The number of aromatic carboxylic acids is 1. The summed E-state index contributed by atoms with van der Waals surface area (Å²) in [5, 5.41) is 18.5. The maximum absolute atomic E-state index is 11.7. The molecular weight excluding hydrogens is 250 g/mol. The largest absolute Gasteiger partial charge is 0.476 e. The molecule has 0 radical (unpaired) electrons. The fourth-order valence-electron chi connectivity index (χ4n) is 2.15. The summed E-state index contributed by atoms with van der Waals surface area (Å²) >= 11 is 0. The Morgan fingerprint density at radius 1 is 1.58 bits per heavy atom. The van der Waals surface area contributed by atoms with Gasteiger partial charge in [-0.25, -0.2) is 9.48 Å². The van der Waals surface area contributed by atoms with Gasteiger partial charge >= 0.3 is 5.97 Å². The summed E-state index contributed by atoms with van der Waals surface area (Å²) in [6.07, 6.45) is 3.48. The van der Waals surface area contributed by atoms with Gasteiger partial charge in [-0.2, -0.15) is 0 Å². The van der Waals surface area contributed by atoms with Crippen molar-refractivity contribution in [3.8, 4) is 0 Å². The molecule has 2 rings (SSSR count). The first kappa shape index (κ1) is 13.5. The van der Waals surface area contributed by atoms with Crippen LogP contribution in [-0.4, -0.2) is 63.1 Å². The minimum absolute atomic E-state index is 0.0171. The number of nitrogens with zero attached hydrogens (tertiary/aromatic N) is 4. The molecule has 1 unspecified atom stereocenters. The summed E-state index contributed by atoms with van der Waals surface area (Å²) in [7, 11) is 2.04. The summed E-state index contributed by atoms with van der Waals surface area (Å²) in [5.41, 5.74) is -0.164. The average Bonchev–Trinajstić information content (AvgIpc) is 2.96. The summed E-state index contributed by atoms with van der Waals surface area (Å²) in [6.45, 7) is 1.65. The molecule has 0 spiro atoms. The van der Waals surface area contributed by atoms with E-state index in [1.807, 2.05) is 7.05 Å². The van der Waals surface area contributed by atoms with E-state index in [1.54, 1.807) is 0 Å². The highest BCUT2D eigenvalue weighted by Crippen LogP contribution is 2.13. The summed E-state index contributed by atoms with van der Waals surface area (Å²) in [5.74, 6) is -1.35. The van der Waals surface area contributed by atoms with Gasteiger partial charge in [-0.3, -0.25) is 4.79 Å². The van der Waals surface area contributed by atoms with Gasteiger partial charge in [0, 0.05) is 12.6 Å². The van der Waals surface area contributed by atoms with Gasteiger partial charge in [0.25, 0.3) is 0 Å². The first-order chi connectivity index (χ1) is 9.06. The van der Waals surface area contributed by atoms with Gasteiger partial charge in [0.1, 0.15) is 6.54 Å². The lowest BCUT2D eigenvalue weighted by Gasteiger charge is -2.19. The van der Waals surface area contributed by atoms with Crippen LogP contribution in [0.25, 0.3) is 0 Å². The Labute approximate surface area is 110 Å². The van der Waals surface area contributed by atoms with Crippen LogP contribution in [-0.2, 0) is 11.3 Å². The average molecular weight is 267 g/mol. The van der Waals surface area contributed by atoms with E-state index in [2.05, 4.69) is 20.5 Å². The Morgan fingerprint density at radius 2 is 2.37 bits per heavy atom. The van der Waals surface area contributed by atoms with Crippen LogP contribution >= 0.6 is 0 Å². The predicted octanol–water partition coefficient (Wildman–Crippen LogP) is -0.813. The fourth-order valence-corrected chi connectivity index (χ4v) is 2.15. The van der Waals surface area contributed by atoms with Crippen molar-refractivity contribution in [2.24, 2.45) is 0 Å². The standard InChI is InChI=1S/C11H17N5O3/c1-15-4-2-3-8(15)5-12-10(17)7-16-6-9(11(18)19)13-14-16/h6,8H,2-5,7H2,1H3,(H,12,17)(H,18,19). The smallest absolute Gasteiger partial charge is 0.358 e. The summed E-state index contributed by atoms with van der Waals surface area (Å²) < 4.78 is 1.22. The quantitative estimate of drug-likeness (QED) is 0.723. The second kappa shape index (κ2) is 5.79. The number of carbonyl (C=O) groups excluding carboxylic acids is 1. The fraction of sp³-hybridized carbons (Fsp3) is 0.636. The Kier molecular flexibility index (Phi) is 4.10. The van der Waals surface area contributed by atoms with Gasteiger partial charge in [0.05, 0.1) is 6.20 Å². The number of nitrogens with one attached hydrogen (secondary N) is 1. The molecule has 1 aliphatic rings. The minimum Gasteiger partial charge on any atom is -0.476 e. The van der Waals surface area contributed by atoms with Crippen molar-refractivity contribution in [1.82, 2.24) is 25.2 Å². The molecule has 1 fully saturated rings. The highest BCUT2D eigenvalue weighted by Gasteiger charge is 2.21. The van der Waals surface area contributed by atoms with Gasteiger partial charge in [-0.05, 0) is 26.4 Å². The van der Waals surface area contributed by atoms with E-state index in [4.69, 9.17) is 5.11 Å². The zero-order chi connectivity index (χ0) is 13.8. The van der Waals surface area contributed by atoms with Gasteiger partial charge in [-0.15, -0.1) is 5.10 Å². The molecule has 2 N–H and O–H groups in total. The number of carbonyl (C=O) groups is 2. The third-order valence-electron chi connectivity index (χ3n) is 3.27. The number of rotatable bonds is 5. The van der Waals surface area contributed by atoms with E-state index < -0.39 is 5.97 Å². The van der Waals surface area contributed by atoms with E-state index >= 15 is 0 Å². The summed E-state index contributed by atoms with van der Waals surface area (Å²) in [4.78, 5) is 24.5. The number of aromatic nitrogens is 3. The van der Waals surface area contributed by atoms with Crippen molar-refractivity contribution in [2.75, 3.05) is 20.1 Å². The van der Waals surface area contributed by atoms with Crippen molar-refractivity contribution in [2.45, 2.75) is 25.4 Å². The topological polar surface area (TPSA) is 100 Å². The van der Waals surface area contributed by atoms with Crippen LogP contribution in [0.5, 0.6) is 0 Å². The van der Waals surface area contributed by atoms with Crippen molar-refractivity contribution in [1.29, 1.82) is 0 Å². The van der Waals surface area contributed by atoms with Crippen LogP contribution in [0.4, 0.5) is 0 Å². The van der Waals surface area contributed by atoms with Gasteiger partial charge in [0.15, 0.2) is 5.69 Å². The van der Waals surface area contributed by atoms with E-state index in [-0.39, 0.29) is 18.1 Å². The molecule has 2 heterocycles. The SMILES string of the molecule is CN1CCCC1CNC(=O)Cn1cc(C(=O)O)nn1. The Bertz CT molecular complexity index is 473. The van der Waals surface area contributed by atoms with E-state index in [1.165, 1.54) is 10.9 Å². The van der Waals surface area contributed by atoms with Crippen LogP contribution in [0.3, 0.4) is 0 Å². The van der Waals surface area contributed by atoms with Crippen molar-refractivity contribution >= 4 is 11.9 Å². The maximum Gasteiger partial charge on any atom is 0.358 e. The number of carboxylic acid groups (broad SMARTS) is 1. The first-order valence-corrected chi connectivity index (χ1v) is 6.16. The number of likely N-dealkylation sites (tertiary alicyclic amines) is 1. The van der Waals surface area contributed by atoms with Crippen molar-refractivity contribution in [3.05, 3.63) is 11.9 Å². The first-order valence-electron chi connectivity index (χ1n) is 6.16. The van der Waals surface area contributed by atoms with Gasteiger partial charge in [0.2, 0.25) is 5.91 Å². The third-order valence-corrected chi connectivity index (χ3v) is 3.27. The second-order valence-corrected chi connectivity index (χ2v) is 4.69. The molecule has 19 heavy (non-hydrogen) atoms. The molecule has 0 aliphatic carbocycles. The highest BCUT2D eigenvalue weighted by molar-refractivity contribution is 5.84. The van der Waals surface area contributed by atoms with Crippen molar-refractivity contribution < 1.29 is 14.7 Å². The Balaban J connectivity index is 1.78. The molecule has 0 aromatic carbocycles. The second-order valence-electron chi connectivity index (χ2n) is 4.69. The Hall–Kier alpha value is -1.96. The number of carboxylic acids is 1. The molecular formula is C11H17N5O3. The lowest BCUT2D eigenvalue weighted by molar-refractivity contribution is -0.122. The lowest BCUT2D eigenvalue weighted by Crippen LogP contribution is -2.39. The highest BCUT2D eigenvalue weighted by atomic mass is 16.4. The van der Waals surface area contributed by atoms with Crippen LogP contribution in [0.1, 0.15) is 23.3 Å². The number of likely N-dealkylation sites (N-methyl/N-ethyl adjacent to an activating group) is 1. The van der Waals surface area contributed by atoms with Crippen LogP contribution < -0.4 is 5.32 Å². The molecule has 1 aliphatic heterocycles. The van der Waals surface area contributed by atoms with Crippen LogP contribution in [0.2, 0.25) is 0 Å². The molecule has 8 nitrogen and oxygen atoms in total. The molecule has 0 bridgehead atoms. The molecule has 1 atom stereocenters. The normalized spacial score (nSPS) is 19.5. The maximum atomic E-state index is 11.7. The summed E-state index contributed by atoms with van der Waals surface area (Å²) in [6, 6.07) is 0.384. The van der Waals surface area contributed by atoms with Crippen molar-refractivity contribution in [3.63, 3.8) is 0 Å². The predicted molar refractivity (Wildman–Crippen MR) is 65.6 cm³/mol. The van der Waals surface area contributed by atoms with Gasteiger partial charge in [-0.1, -0.05) is 5.21 Å². The van der Waals surface area contributed by atoms with Crippen LogP contribution in [0, 0.1) is 0 Å². The minimum atomic E-state index is -1.15. The van der Waals surface area contributed by atoms with E-state index in [0.717, 1.165) is 19.4 Å².